The quantitative estimate of drug-likeness (QED) is 0.752. The molecular formula is C24H31N3O3. The highest BCUT2D eigenvalue weighted by atomic mass is 16.5. The first kappa shape index (κ1) is 22.0. The second-order valence-corrected chi connectivity index (χ2v) is 8.28. The van der Waals surface area contributed by atoms with Gasteiger partial charge in [0.1, 0.15) is 0 Å². The van der Waals surface area contributed by atoms with Gasteiger partial charge in [-0.25, -0.2) is 0 Å². The van der Waals surface area contributed by atoms with Crippen LogP contribution in [0.15, 0.2) is 48.5 Å². The summed E-state index contributed by atoms with van der Waals surface area (Å²) in [5, 5.41) is 5.87. The standard InChI is InChI=1S/C24H31N3O3/c1-16(2)23(28)25-21-11-9-19(10-12-21)24(29)26-22-8-6-5-7-20(22)15-27-13-17(3)30-18(4)14-27/h5-12,16-18H,13-15H2,1-4H3,(H,25,28)(H,26,29). The molecule has 0 radical (unpaired) electrons. The lowest BCUT2D eigenvalue weighted by Crippen LogP contribution is -2.44. The van der Waals surface area contributed by atoms with Crippen LogP contribution in [0.3, 0.4) is 0 Å². The van der Waals surface area contributed by atoms with Crippen molar-refractivity contribution < 1.29 is 14.3 Å². The molecule has 1 fully saturated rings. The Bertz CT molecular complexity index is 870. The van der Waals surface area contributed by atoms with Crippen LogP contribution in [-0.4, -0.2) is 42.0 Å². The smallest absolute Gasteiger partial charge is 0.255 e. The van der Waals surface area contributed by atoms with E-state index in [4.69, 9.17) is 4.74 Å². The molecule has 2 unspecified atom stereocenters. The number of amides is 2. The number of benzene rings is 2. The fourth-order valence-electron chi connectivity index (χ4n) is 3.62. The number of nitrogens with zero attached hydrogens (tertiary/aromatic N) is 1. The van der Waals surface area contributed by atoms with Crippen molar-refractivity contribution >= 4 is 23.2 Å². The van der Waals surface area contributed by atoms with Crippen molar-refractivity contribution in [2.24, 2.45) is 5.92 Å². The molecule has 6 heteroatoms. The lowest BCUT2D eigenvalue weighted by molar-refractivity contribution is -0.118. The van der Waals surface area contributed by atoms with E-state index in [-0.39, 0.29) is 29.9 Å². The van der Waals surface area contributed by atoms with Gasteiger partial charge in [0.25, 0.3) is 5.91 Å². The summed E-state index contributed by atoms with van der Waals surface area (Å²) in [4.78, 5) is 26.9. The fraction of sp³-hybridized carbons (Fsp3) is 0.417. The van der Waals surface area contributed by atoms with Crippen LogP contribution < -0.4 is 10.6 Å². The van der Waals surface area contributed by atoms with Crippen LogP contribution in [0.1, 0.15) is 43.6 Å². The molecule has 1 heterocycles. The first-order chi connectivity index (χ1) is 14.3. The summed E-state index contributed by atoms with van der Waals surface area (Å²) in [7, 11) is 0. The molecule has 0 aromatic heterocycles. The highest BCUT2D eigenvalue weighted by molar-refractivity contribution is 6.05. The zero-order valence-electron chi connectivity index (χ0n) is 18.1. The molecule has 0 bridgehead atoms. The number of morpholine rings is 1. The Hall–Kier alpha value is -2.70. The number of rotatable bonds is 6. The molecule has 160 valence electrons. The molecule has 2 atom stereocenters. The Labute approximate surface area is 178 Å². The predicted octanol–water partition coefficient (Wildman–Crippen LogP) is 4.14. The zero-order chi connectivity index (χ0) is 21.7. The number of para-hydroxylation sites is 1. The highest BCUT2D eigenvalue weighted by Gasteiger charge is 2.23. The van der Waals surface area contributed by atoms with Gasteiger partial charge in [-0.2, -0.15) is 0 Å². The molecular weight excluding hydrogens is 378 g/mol. The predicted molar refractivity (Wildman–Crippen MR) is 120 cm³/mol. The van der Waals surface area contributed by atoms with E-state index in [2.05, 4.69) is 29.4 Å². The Balaban J connectivity index is 1.66. The van der Waals surface area contributed by atoms with Gasteiger partial charge in [-0.05, 0) is 49.7 Å². The largest absolute Gasteiger partial charge is 0.373 e. The van der Waals surface area contributed by atoms with Gasteiger partial charge in [0.15, 0.2) is 0 Å². The normalized spacial score (nSPS) is 19.5. The number of ether oxygens (including phenoxy) is 1. The van der Waals surface area contributed by atoms with Gasteiger partial charge in [0.2, 0.25) is 5.91 Å². The van der Waals surface area contributed by atoms with Gasteiger partial charge in [-0.15, -0.1) is 0 Å². The van der Waals surface area contributed by atoms with E-state index in [0.29, 0.717) is 11.3 Å². The minimum Gasteiger partial charge on any atom is -0.373 e. The average Bonchev–Trinajstić information content (AvgIpc) is 2.69. The topological polar surface area (TPSA) is 70.7 Å². The van der Waals surface area contributed by atoms with Gasteiger partial charge >= 0.3 is 0 Å². The van der Waals surface area contributed by atoms with Crippen molar-refractivity contribution in [3.05, 3.63) is 59.7 Å². The molecule has 2 amide bonds. The van der Waals surface area contributed by atoms with E-state index in [1.165, 1.54) is 0 Å². The summed E-state index contributed by atoms with van der Waals surface area (Å²) < 4.78 is 5.82. The molecule has 0 aliphatic carbocycles. The molecule has 0 saturated carbocycles. The highest BCUT2D eigenvalue weighted by Crippen LogP contribution is 2.21. The molecule has 30 heavy (non-hydrogen) atoms. The van der Waals surface area contributed by atoms with Crippen molar-refractivity contribution in [3.8, 4) is 0 Å². The van der Waals surface area contributed by atoms with Gasteiger partial charge in [-0.1, -0.05) is 32.0 Å². The monoisotopic (exact) mass is 409 g/mol. The van der Waals surface area contributed by atoms with Gasteiger partial charge in [0, 0.05) is 42.5 Å². The summed E-state index contributed by atoms with van der Waals surface area (Å²) in [6.45, 7) is 10.4. The van der Waals surface area contributed by atoms with E-state index in [0.717, 1.165) is 30.9 Å². The SMILES string of the molecule is CC1CN(Cc2ccccc2NC(=O)c2ccc(NC(=O)C(C)C)cc2)CC(C)O1. The lowest BCUT2D eigenvalue weighted by Gasteiger charge is -2.35. The first-order valence-corrected chi connectivity index (χ1v) is 10.5. The van der Waals surface area contributed by atoms with Crippen molar-refractivity contribution in [2.45, 2.75) is 46.4 Å². The second kappa shape index (κ2) is 9.87. The molecule has 2 aromatic rings. The minimum atomic E-state index is -0.173. The summed E-state index contributed by atoms with van der Waals surface area (Å²) >= 11 is 0. The third kappa shape index (κ3) is 5.90. The third-order valence-corrected chi connectivity index (χ3v) is 5.09. The molecule has 3 rings (SSSR count). The molecule has 2 N–H and O–H groups in total. The van der Waals surface area contributed by atoms with Crippen molar-refractivity contribution in [1.82, 2.24) is 4.90 Å². The maximum absolute atomic E-state index is 12.8. The number of nitrogens with one attached hydrogen (secondary N) is 2. The van der Waals surface area contributed by atoms with Gasteiger partial charge < -0.3 is 15.4 Å². The molecule has 2 aromatic carbocycles. The number of hydrogen-bond donors (Lipinski definition) is 2. The molecule has 6 nitrogen and oxygen atoms in total. The Kier molecular flexibility index (Phi) is 7.24. The van der Waals surface area contributed by atoms with Crippen LogP contribution in [0.2, 0.25) is 0 Å². The molecule has 1 saturated heterocycles. The molecule has 1 aliphatic rings. The van der Waals surface area contributed by atoms with Crippen LogP contribution in [0.4, 0.5) is 11.4 Å². The molecule has 0 spiro atoms. The van der Waals surface area contributed by atoms with E-state index in [9.17, 15) is 9.59 Å². The first-order valence-electron chi connectivity index (χ1n) is 10.5. The van der Waals surface area contributed by atoms with Crippen molar-refractivity contribution in [1.29, 1.82) is 0 Å². The fourth-order valence-corrected chi connectivity index (χ4v) is 3.62. The van der Waals surface area contributed by atoms with Crippen molar-refractivity contribution in [2.75, 3.05) is 23.7 Å². The van der Waals surface area contributed by atoms with Gasteiger partial charge in [-0.3, -0.25) is 14.5 Å². The Morgan fingerprint density at radius 2 is 1.63 bits per heavy atom. The average molecular weight is 410 g/mol. The van der Waals surface area contributed by atoms with E-state index in [1.807, 2.05) is 38.1 Å². The Morgan fingerprint density at radius 3 is 2.27 bits per heavy atom. The second-order valence-electron chi connectivity index (χ2n) is 8.28. The maximum atomic E-state index is 12.8. The third-order valence-electron chi connectivity index (χ3n) is 5.09. The van der Waals surface area contributed by atoms with E-state index < -0.39 is 0 Å². The van der Waals surface area contributed by atoms with Crippen LogP contribution in [0.5, 0.6) is 0 Å². The van der Waals surface area contributed by atoms with Crippen LogP contribution in [0, 0.1) is 5.92 Å². The number of carbonyl (C=O) groups excluding carboxylic acids is 2. The van der Waals surface area contributed by atoms with Crippen LogP contribution in [-0.2, 0) is 16.1 Å². The zero-order valence-corrected chi connectivity index (χ0v) is 18.1. The van der Waals surface area contributed by atoms with Crippen LogP contribution in [0.25, 0.3) is 0 Å². The minimum absolute atomic E-state index is 0.0483. The summed E-state index contributed by atoms with van der Waals surface area (Å²) in [5.74, 6) is -0.317. The number of anilines is 2. The molecule has 1 aliphatic heterocycles. The number of carbonyl (C=O) groups is 2. The summed E-state index contributed by atoms with van der Waals surface area (Å²) in [5.41, 5.74) is 3.11. The van der Waals surface area contributed by atoms with Crippen LogP contribution >= 0.6 is 0 Å². The van der Waals surface area contributed by atoms with Crippen molar-refractivity contribution in [3.63, 3.8) is 0 Å². The maximum Gasteiger partial charge on any atom is 0.255 e. The summed E-state index contributed by atoms with van der Waals surface area (Å²) in [6, 6.07) is 14.8. The van der Waals surface area contributed by atoms with E-state index >= 15 is 0 Å². The Morgan fingerprint density at radius 1 is 1.00 bits per heavy atom. The van der Waals surface area contributed by atoms with Gasteiger partial charge in [0.05, 0.1) is 12.2 Å². The lowest BCUT2D eigenvalue weighted by atomic mass is 10.1. The number of hydrogen-bond acceptors (Lipinski definition) is 4. The summed E-state index contributed by atoms with van der Waals surface area (Å²) in [6.07, 6.45) is 0.399. The van der Waals surface area contributed by atoms with E-state index in [1.54, 1.807) is 24.3 Å².